The van der Waals surface area contributed by atoms with Crippen LogP contribution in [0.1, 0.15) is 37.2 Å². The zero-order valence-electron chi connectivity index (χ0n) is 14.0. The number of allylic oxidation sites excluding steroid dienone is 1. The molecule has 1 aromatic heterocycles. The summed E-state index contributed by atoms with van der Waals surface area (Å²) in [4.78, 5) is 16.3. The number of aliphatic hydroxyl groups excluding tert-OH is 2. The molecule has 0 aromatic carbocycles. The number of rotatable bonds is 5. The van der Waals surface area contributed by atoms with Gasteiger partial charge >= 0.3 is 0 Å². The second kappa shape index (κ2) is 7.96. The Morgan fingerprint density at radius 2 is 2.08 bits per heavy atom. The number of furan rings is 1. The monoisotopic (exact) mass is 334 g/mol. The Labute approximate surface area is 142 Å². The van der Waals surface area contributed by atoms with Crippen LogP contribution >= 0.6 is 0 Å². The van der Waals surface area contributed by atoms with E-state index in [1.165, 1.54) is 5.57 Å². The minimum atomic E-state index is -0.554. The molecule has 1 aliphatic heterocycles. The van der Waals surface area contributed by atoms with Crippen molar-refractivity contribution in [1.29, 1.82) is 0 Å². The maximum Gasteiger partial charge on any atom is 0.226 e. The van der Waals surface area contributed by atoms with Crippen LogP contribution in [-0.2, 0) is 17.9 Å². The van der Waals surface area contributed by atoms with Crippen molar-refractivity contribution in [2.75, 3.05) is 26.2 Å². The lowest BCUT2D eigenvalue weighted by Gasteiger charge is -2.22. The largest absolute Gasteiger partial charge is 0.462 e. The van der Waals surface area contributed by atoms with Gasteiger partial charge < -0.3 is 19.5 Å². The van der Waals surface area contributed by atoms with Gasteiger partial charge in [-0.25, -0.2) is 0 Å². The molecule has 2 heterocycles. The summed E-state index contributed by atoms with van der Waals surface area (Å²) in [5, 5.41) is 19.3. The van der Waals surface area contributed by atoms with E-state index in [4.69, 9.17) is 9.52 Å². The molecule has 132 valence electrons. The van der Waals surface area contributed by atoms with Gasteiger partial charge in [-0.3, -0.25) is 9.69 Å². The number of carbonyl (C=O) groups excluding carboxylic acids is 1. The van der Waals surface area contributed by atoms with Gasteiger partial charge in [-0.2, -0.15) is 0 Å². The van der Waals surface area contributed by atoms with Crippen molar-refractivity contribution < 1.29 is 19.4 Å². The molecule has 1 fully saturated rings. The zero-order chi connectivity index (χ0) is 16.9. The zero-order valence-corrected chi connectivity index (χ0v) is 14.0. The smallest absolute Gasteiger partial charge is 0.226 e. The van der Waals surface area contributed by atoms with Gasteiger partial charge in [0.15, 0.2) is 0 Å². The molecule has 0 spiro atoms. The van der Waals surface area contributed by atoms with E-state index in [0.717, 1.165) is 25.0 Å². The summed E-state index contributed by atoms with van der Waals surface area (Å²) in [6.07, 6.45) is 5.37. The summed E-state index contributed by atoms with van der Waals surface area (Å²) < 4.78 is 5.51. The Hall–Kier alpha value is -1.63. The molecular formula is C18H26N2O4. The van der Waals surface area contributed by atoms with Crippen LogP contribution in [0.25, 0.3) is 0 Å². The van der Waals surface area contributed by atoms with Gasteiger partial charge in [-0.1, -0.05) is 11.6 Å². The molecule has 0 saturated carbocycles. The minimum absolute atomic E-state index is 0.110. The average molecular weight is 334 g/mol. The summed E-state index contributed by atoms with van der Waals surface area (Å²) in [5.41, 5.74) is 1.24. The molecule has 2 aliphatic rings. The number of carbonyl (C=O) groups is 1. The third-order valence-electron chi connectivity index (χ3n) is 4.70. The number of amides is 1. The van der Waals surface area contributed by atoms with Crippen molar-refractivity contribution >= 4 is 5.91 Å². The van der Waals surface area contributed by atoms with Crippen LogP contribution in [0.3, 0.4) is 0 Å². The van der Waals surface area contributed by atoms with Crippen LogP contribution in [0, 0.1) is 0 Å². The first kappa shape index (κ1) is 17.2. The first-order valence-electron chi connectivity index (χ1n) is 8.68. The van der Waals surface area contributed by atoms with Crippen LogP contribution in [0.4, 0.5) is 0 Å². The third-order valence-corrected chi connectivity index (χ3v) is 4.70. The number of aliphatic hydroxyl groups is 2. The number of nitrogens with zero attached hydrogens (tertiary/aromatic N) is 2. The van der Waals surface area contributed by atoms with E-state index < -0.39 is 6.10 Å². The highest BCUT2D eigenvalue weighted by atomic mass is 16.4. The Morgan fingerprint density at radius 3 is 2.79 bits per heavy atom. The van der Waals surface area contributed by atoms with E-state index in [0.29, 0.717) is 44.9 Å². The quantitative estimate of drug-likeness (QED) is 0.793. The average Bonchev–Trinajstić information content (AvgIpc) is 3.18. The summed E-state index contributed by atoms with van der Waals surface area (Å²) in [5.74, 6) is 1.42. The highest BCUT2D eigenvalue weighted by molar-refractivity contribution is 5.79. The molecule has 24 heavy (non-hydrogen) atoms. The lowest BCUT2D eigenvalue weighted by atomic mass is 10.1. The Morgan fingerprint density at radius 1 is 1.25 bits per heavy atom. The van der Waals surface area contributed by atoms with E-state index in [9.17, 15) is 9.90 Å². The maximum absolute atomic E-state index is 12.5. The molecule has 0 bridgehead atoms. The molecule has 0 unspecified atom stereocenters. The van der Waals surface area contributed by atoms with E-state index in [-0.39, 0.29) is 12.5 Å². The molecule has 6 nitrogen and oxygen atoms in total. The molecule has 2 N–H and O–H groups in total. The second-order valence-corrected chi connectivity index (χ2v) is 6.69. The normalized spacial score (nSPS) is 22.5. The van der Waals surface area contributed by atoms with Crippen molar-refractivity contribution in [3.05, 3.63) is 35.3 Å². The second-order valence-electron chi connectivity index (χ2n) is 6.69. The van der Waals surface area contributed by atoms with Gasteiger partial charge in [0.05, 0.1) is 12.6 Å². The van der Waals surface area contributed by atoms with Crippen molar-refractivity contribution in [3.63, 3.8) is 0 Å². The fraction of sp³-hybridized carbons (Fsp3) is 0.611. The predicted octanol–water partition coefficient (Wildman–Crippen LogP) is 1.28. The topological polar surface area (TPSA) is 77.2 Å². The van der Waals surface area contributed by atoms with Crippen LogP contribution in [0.2, 0.25) is 0 Å². The SMILES string of the molecule is O=C(CC1=CCCC1)N1CCN(Cc2ccc(CO)o2)C[C@@H](O)C1. The molecule has 1 atom stereocenters. The van der Waals surface area contributed by atoms with E-state index in [1.54, 1.807) is 11.0 Å². The van der Waals surface area contributed by atoms with Gasteiger partial charge in [0.25, 0.3) is 0 Å². The molecule has 1 amide bonds. The predicted molar refractivity (Wildman–Crippen MR) is 89.0 cm³/mol. The van der Waals surface area contributed by atoms with Gasteiger partial charge in [0, 0.05) is 32.6 Å². The summed E-state index contributed by atoms with van der Waals surface area (Å²) in [7, 11) is 0. The lowest BCUT2D eigenvalue weighted by Crippen LogP contribution is -2.37. The first-order chi connectivity index (χ1) is 11.6. The first-order valence-corrected chi connectivity index (χ1v) is 8.68. The van der Waals surface area contributed by atoms with Crippen LogP contribution in [0.15, 0.2) is 28.2 Å². The van der Waals surface area contributed by atoms with Crippen molar-refractivity contribution in [1.82, 2.24) is 9.80 Å². The Bertz CT molecular complexity index is 596. The fourth-order valence-electron chi connectivity index (χ4n) is 3.44. The fourth-order valence-corrected chi connectivity index (χ4v) is 3.44. The van der Waals surface area contributed by atoms with Gasteiger partial charge in [-0.15, -0.1) is 0 Å². The van der Waals surface area contributed by atoms with Crippen LogP contribution in [0.5, 0.6) is 0 Å². The molecule has 3 rings (SSSR count). The number of hydrogen-bond donors (Lipinski definition) is 2. The van der Waals surface area contributed by atoms with Gasteiger partial charge in [0.1, 0.15) is 18.1 Å². The van der Waals surface area contributed by atoms with Crippen LogP contribution in [-0.4, -0.2) is 58.2 Å². The van der Waals surface area contributed by atoms with Gasteiger partial charge in [-0.05, 0) is 31.4 Å². The number of β-amino-alcohol motifs (C(OH)–C–C–N with tert-alkyl or cyclic N) is 1. The Kier molecular flexibility index (Phi) is 5.71. The molecule has 1 aromatic rings. The standard InChI is InChI=1S/C18H26N2O4/c21-13-17-6-5-16(24-17)12-19-7-8-20(11-15(22)10-19)18(23)9-14-3-1-2-4-14/h3,5-6,15,21-22H,1-2,4,7-13H2/t15-/m1/s1. The van der Waals surface area contributed by atoms with E-state index >= 15 is 0 Å². The summed E-state index contributed by atoms with van der Waals surface area (Å²) in [6.45, 7) is 2.70. The van der Waals surface area contributed by atoms with E-state index in [2.05, 4.69) is 11.0 Å². The lowest BCUT2D eigenvalue weighted by molar-refractivity contribution is -0.131. The van der Waals surface area contributed by atoms with Crippen LogP contribution < -0.4 is 0 Å². The van der Waals surface area contributed by atoms with Crippen molar-refractivity contribution in [2.24, 2.45) is 0 Å². The highest BCUT2D eigenvalue weighted by Crippen LogP contribution is 2.22. The summed E-state index contributed by atoms with van der Waals surface area (Å²) >= 11 is 0. The third kappa shape index (κ3) is 4.47. The van der Waals surface area contributed by atoms with E-state index in [1.807, 2.05) is 6.07 Å². The maximum atomic E-state index is 12.5. The van der Waals surface area contributed by atoms with Gasteiger partial charge in [0.2, 0.25) is 5.91 Å². The summed E-state index contributed by atoms with van der Waals surface area (Å²) in [6, 6.07) is 3.60. The molecule has 1 saturated heterocycles. The molecule has 1 aliphatic carbocycles. The molecule has 0 radical (unpaired) electrons. The Balaban J connectivity index is 1.55. The highest BCUT2D eigenvalue weighted by Gasteiger charge is 2.25. The molecular weight excluding hydrogens is 308 g/mol. The molecule has 6 heteroatoms. The van der Waals surface area contributed by atoms with Crippen molar-refractivity contribution in [3.8, 4) is 0 Å². The number of hydrogen-bond acceptors (Lipinski definition) is 5. The minimum Gasteiger partial charge on any atom is -0.462 e. The van der Waals surface area contributed by atoms with Crippen molar-refractivity contribution in [2.45, 2.75) is 44.9 Å².